The van der Waals surface area contributed by atoms with Crippen LogP contribution in [0.5, 0.6) is 0 Å². The van der Waals surface area contributed by atoms with Gasteiger partial charge in [-0.2, -0.15) is 0 Å². The number of nitrogens with one attached hydrogen (secondary N) is 1. The molecule has 15 heavy (non-hydrogen) atoms. The third-order valence-electron chi connectivity index (χ3n) is 3.38. The van der Waals surface area contributed by atoms with Crippen molar-refractivity contribution in [1.29, 1.82) is 0 Å². The molecule has 3 N–H and O–H groups in total. The molecule has 0 aliphatic carbocycles. The molecule has 1 fully saturated rings. The van der Waals surface area contributed by atoms with Gasteiger partial charge in [-0.1, -0.05) is 0 Å². The zero-order valence-corrected chi connectivity index (χ0v) is 10.2. The Balaban J connectivity index is 1.87. The van der Waals surface area contributed by atoms with E-state index in [4.69, 9.17) is 5.73 Å². The lowest BCUT2D eigenvalue weighted by molar-refractivity contribution is 0.211. The molecule has 0 bridgehead atoms. The van der Waals surface area contributed by atoms with Gasteiger partial charge >= 0.3 is 0 Å². The predicted molar refractivity (Wildman–Crippen MR) is 66.0 cm³/mol. The van der Waals surface area contributed by atoms with E-state index in [1.54, 1.807) is 0 Å². The Morgan fingerprint density at radius 3 is 2.60 bits per heavy atom. The summed E-state index contributed by atoms with van der Waals surface area (Å²) in [5, 5.41) is 3.51. The van der Waals surface area contributed by atoms with Crippen molar-refractivity contribution in [1.82, 2.24) is 10.2 Å². The van der Waals surface area contributed by atoms with Crippen LogP contribution < -0.4 is 11.1 Å². The monoisotopic (exact) mass is 213 g/mol. The van der Waals surface area contributed by atoms with Crippen LogP contribution in [0.15, 0.2) is 0 Å². The summed E-state index contributed by atoms with van der Waals surface area (Å²) in [6, 6.07) is 0. The van der Waals surface area contributed by atoms with Crippen LogP contribution in [0.1, 0.15) is 32.1 Å². The number of hydrogen-bond acceptors (Lipinski definition) is 3. The maximum Gasteiger partial charge on any atom is -0.00191 e. The molecule has 1 heterocycles. The summed E-state index contributed by atoms with van der Waals surface area (Å²) >= 11 is 0. The van der Waals surface area contributed by atoms with E-state index in [-0.39, 0.29) is 0 Å². The van der Waals surface area contributed by atoms with E-state index in [0.29, 0.717) is 0 Å². The standard InChI is InChI=1S/C12H27N3/c1-15-10-5-12(6-11-15)4-9-14-8-3-2-7-13/h12,14H,2-11,13H2,1H3. The Bertz CT molecular complexity index is 142. The Morgan fingerprint density at radius 1 is 1.20 bits per heavy atom. The van der Waals surface area contributed by atoms with Gasteiger partial charge in [0.15, 0.2) is 0 Å². The van der Waals surface area contributed by atoms with Crippen LogP contribution in [0.4, 0.5) is 0 Å². The normalized spacial score (nSPS) is 19.6. The molecule has 0 spiro atoms. The number of nitrogens with two attached hydrogens (primary N) is 1. The van der Waals surface area contributed by atoms with Crippen LogP contribution >= 0.6 is 0 Å². The first-order valence-electron chi connectivity index (χ1n) is 6.42. The summed E-state index contributed by atoms with van der Waals surface area (Å²) < 4.78 is 0. The number of piperidine rings is 1. The Labute approximate surface area is 94.4 Å². The molecule has 0 aromatic carbocycles. The SMILES string of the molecule is CN1CCC(CCNCCCCN)CC1. The first-order chi connectivity index (χ1) is 7.33. The van der Waals surface area contributed by atoms with E-state index < -0.39 is 0 Å². The zero-order chi connectivity index (χ0) is 10.9. The van der Waals surface area contributed by atoms with E-state index in [0.717, 1.165) is 25.4 Å². The molecule has 0 saturated carbocycles. The van der Waals surface area contributed by atoms with Crippen LogP contribution in [0.3, 0.4) is 0 Å². The van der Waals surface area contributed by atoms with Gasteiger partial charge in [0.2, 0.25) is 0 Å². The van der Waals surface area contributed by atoms with Gasteiger partial charge in [0.25, 0.3) is 0 Å². The molecule has 0 aromatic rings. The molecular formula is C12H27N3. The minimum absolute atomic E-state index is 0.830. The van der Waals surface area contributed by atoms with Crippen molar-refractivity contribution in [2.75, 3.05) is 39.8 Å². The molecule has 0 unspecified atom stereocenters. The fourth-order valence-corrected chi connectivity index (χ4v) is 2.18. The minimum Gasteiger partial charge on any atom is -0.330 e. The maximum absolute atomic E-state index is 5.44. The first-order valence-corrected chi connectivity index (χ1v) is 6.42. The number of nitrogens with zero attached hydrogens (tertiary/aromatic N) is 1. The van der Waals surface area contributed by atoms with E-state index in [1.807, 2.05) is 0 Å². The van der Waals surface area contributed by atoms with E-state index >= 15 is 0 Å². The topological polar surface area (TPSA) is 41.3 Å². The lowest BCUT2D eigenvalue weighted by Gasteiger charge is -2.28. The largest absolute Gasteiger partial charge is 0.330 e. The molecular weight excluding hydrogens is 186 g/mol. The highest BCUT2D eigenvalue weighted by Gasteiger charge is 2.15. The maximum atomic E-state index is 5.44. The van der Waals surface area contributed by atoms with Gasteiger partial charge in [-0.15, -0.1) is 0 Å². The van der Waals surface area contributed by atoms with Gasteiger partial charge in [0.1, 0.15) is 0 Å². The summed E-state index contributed by atoms with van der Waals surface area (Å²) in [7, 11) is 2.22. The van der Waals surface area contributed by atoms with Gasteiger partial charge < -0.3 is 16.0 Å². The van der Waals surface area contributed by atoms with Crippen molar-refractivity contribution in [3.8, 4) is 0 Å². The molecule has 1 aliphatic heterocycles. The molecule has 0 amide bonds. The van der Waals surface area contributed by atoms with E-state index in [9.17, 15) is 0 Å². The van der Waals surface area contributed by atoms with Crippen LogP contribution in [0.2, 0.25) is 0 Å². The number of hydrogen-bond donors (Lipinski definition) is 2. The molecule has 0 atom stereocenters. The fourth-order valence-electron chi connectivity index (χ4n) is 2.18. The smallest absolute Gasteiger partial charge is 0.00191 e. The summed E-state index contributed by atoms with van der Waals surface area (Å²) in [4.78, 5) is 2.44. The number of likely N-dealkylation sites (tertiary alicyclic amines) is 1. The van der Waals surface area contributed by atoms with Crippen LogP contribution in [0, 0.1) is 5.92 Å². The van der Waals surface area contributed by atoms with E-state index in [2.05, 4.69) is 17.3 Å². The Hall–Kier alpha value is -0.120. The van der Waals surface area contributed by atoms with Crippen molar-refractivity contribution in [3.05, 3.63) is 0 Å². The fraction of sp³-hybridized carbons (Fsp3) is 1.00. The lowest BCUT2D eigenvalue weighted by atomic mass is 9.94. The van der Waals surface area contributed by atoms with Crippen LogP contribution in [0.25, 0.3) is 0 Å². The Kier molecular flexibility index (Phi) is 6.98. The highest BCUT2D eigenvalue weighted by molar-refractivity contribution is 4.70. The highest BCUT2D eigenvalue weighted by atomic mass is 15.1. The summed E-state index contributed by atoms with van der Waals surface area (Å²) in [6.07, 6.45) is 6.52. The molecule has 1 aliphatic rings. The summed E-state index contributed by atoms with van der Waals surface area (Å²) in [6.45, 7) is 5.75. The van der Waals surface area contributed by atoms with Gasteiger partial charge in [-0.3, -0.25) is 0 Å². The average molecular weight is 213 g/mol. The van der Waals surface area contributed by atoms with Crippen LogP contribution in [-0.2, 0) is 0 Å². The predicted octanol–water partition coefficient (Wildman–Crippen LogP) is 1.05. The third-order valence-corrected chi connectivity index (χ3v) is 3.38. The first kappa shape index (κ1) is 12.9. The van der Waals surface area contributed by atoms with Gasteiger partial charge in [-0.25, -0.2) is 0 Å². The molecule has 0 aromatic heterocycles. The van der Waals surface area contributed by atoms with E-state index in [1.165, 1.54) is 45.3 Å². The second kappa shape index (κ2) is 8.08. The van der Waals surface area contributed by atoms with Gasteiger partial charge in [0.05, 0.1) is 0 Å². The third kappa shape index (κ3) is 6.13. The quantitative estimate of drug-likeness (QED) is 0.621. The molecule has 1 rings (SSSR count). The summed E-state index contributed by atoms with van der Waals surface area (Å²) in [5.74, 6) is 0.961. The molecule has 3 heteroatoms. The highest BCUT2D eigenvalue weighted by Crippen LogP contribution is 2.18. The zero-order valence-electron chi connectivity index (χ0n) is 10.2. The minimum atomic E-state index is 0.830. The van der Waals surface area contributed by atoms with Crippen LogP contribution in [-0.4, -0.2) is 44.7 Å². The van der Waals surface area contributed by atoms with Crippen molar-refractivity contribution in [2.45, 2.75) is 32.1 Å². The number of rotatable bonds is 7. The second-order valence-corrected chi connectivity index (χ2v) is 4.78. The van der Waals surface area contributed by atoms with Gasteiger partial charge in [-0.05, 0) is 77.8 Å². The van der Waals surface area contributed by atoms with Crippen molar-refractivity contribution in [3.63, 3.8) is 0 Å². The number of unbranched alkanes of at least 4 members (excludes halogenated alkanes) is 1. The Morgan fingerprint density at radius 2 is 1.93 bits per heavy atom. The molecule has 3 nitrogen and oxygen atoms in total. The van der Waals surface area contributed by atoms with Crippen molar-refractivity contribution >= 4 is 0 Å². The second-order valence-electron chi connectivity index (χ2n) is 4.78. The average Bonchev–Trinajstić information content (AvgIpc) is 2.26. The lowest BCUT2D eigenvalue weighted by Crippen LogP contribution is -2.31. The van der Waals surface area contributed by atoms with Crippen molar-refractivity contribution in [2.24, 2.45) is 11.7 Å². The summed E-state index contributed by atoms with van der Waals surface area (Å²) in [5.41, 5.74) is 5.44. The molecule has 0 radical (unpaired) electrons. The van der Waals surface area contributed by atoms with Crippen molar-refractivity contribution < 1.29 is 0 Å². The van der Waals surface area contributed by atoms with Gasteiger partial charge in [0, 0.05) is 0 Å². The molecule has 1 saturated heterocycles. The molecule has 90 valence electrons.